The molecule has 1 unspecified atom stereocenters. The van der Waals surface area contributed by atoms with E-state index in [0.717, 1.165) is 18.5 Å². The minimum absolute atomic E-state index is 0.0867. The van der Waals surface area contributed by atoms with Gasteiger partial charge in [-0.15, -0.1) is 0 Å². The molecule has 1 rings (SSSR count). The molecule has 0 aliphatic heterocycles. The third kappa shape index (κ3) is 4.91. The maximum Gasteiger partial charge on any atom is 0.102 e. The normalized spacial score (nSPS) is 12.9. The lowest BCUT2D eigenvalue weighted by Gasteiger charge is -2.12. The second kappa shape index (κ2) is 7.37. The van der Waals surface area contributed by atoms with Crippen LogP contribution in [-0.4, -0.2) is 16.4 Å². The van der Waals surface area contributed by atoms with Gasteiger partial charge in [-0.3, -0.25) is 0 Å². The molecule has 2 nitrogen and oxygen atoms in total. The fourth-order valence-electron chi connectivity index (χ4n) is 1.26. The minimum Gasteiger partial charge on any atom is -0.500 e. The second-order valence-electron chi connectivity index (χ2n) is 3.22. The fourth-order valence-corrected chi connectivity index (χ4v) is 1.67. The summed E-state index contributed by atoms with van der Waals surface area (Å²) < 4.78 is 14.3. The van der Waals surface area contributed by atoms with Crippen molar-refractivity contribution < 1.29 is 9.29 Å². The van der Waals surface area contributed by atoms with Crippen LogP contribution >= 0.6 is 12.0 Å². The van der Waals surface area contributed by atoms with Gasteiger partial charge in [0.25, 0.3) is 0 Å². The van der Waals surface area contributed by atoms with E-state index < -0.39 is 0 Å². The summed E-state index contributed by atoms with van der Waals surface area (Å²) >= 11 is 0.856. The van der Waals surface area contributed by atoms with Crippen molar-refractivity contribution in [3.05, 3.63) is 48.2 Å². The molecule has 0 saturated carbocycles. The molecule has 15 heavy (non-hydrogen) atoms. The Hall–Kier alpha value is -0.930. The summed E-state index contributed by atoms with van der Waals surface area (Å²) in [6, 6.07) is 10.1. The summed E-state index contributed by atoms with van der Waals surface area (Å²) in [5, 5.41) is 0.0867. The molecule has 82 valence electrons. The van der Waals surface area contributed by atoms with Crippen LogP contribution in [0.15, 0.2) is 42.7 Å². The van der Waals surface area contributed by atoms with Crippen molar-refractivity contribution in [2.24, 2.45) is 0 Å². The molecule has 0 radical (unpaired) electrons. The van der Waals surface area contributed by atoms with Gasteiger partial charge in [0.1, 0.15) is 6.61 Å². The van der Waals surface area contributed by atoms with Crippen LogP contribution in [0.1, 0.15) is 12.5 Å². The van der Waals surface area contributed by atoms with E-state index in [2.05, 4.69) is 12.1 Å². The Kier molecular flexibility index (Phi) is 5.97. The van der Waals surface area contributed by atoms with Crippen molar-refractivity contribution >= 4 is 12.0 Å². The van der Waals surface area contributed by atoms with E-state index in [1.807, 2.05) is 31.2 Å². The van der Waals surface area contributed by atoms with Crippen LogP contribution < -0.4 is 0 Å². The molecular formula is C12H16O2S. The largest absolute Gasteiger partial charge is 0.500 e. The maximum absolute atomic E-state index is 9.10. The standard InChI is InChI=1S/C12H16O2S/c1-2-8-14-10-12(15-13)9-11-6-4-3-5-7-11/h2-8,12-13H,9-10H2,1H3. The average molecular weight is 224 g/mol. The Morgan fingerprint density at radius 2 is 2.13 bits per heavy atom. The topological polar surface area (TPSA) is 29.5 Å². The molecule has 0 aliphatic rings. The zero-order chi connectivity index (χ0) is 10.9. The monoisotopic (exact) mass is 224 g/mol. The van der Waals surface area contributed by atoms with Gasteiger partial charge in [-0.1, -0.05) is 36.4 Å². The fraction of sp³-hybridized carbons (Fsp3) is 0.333. The van der Waals surface area contributed by atoms with Gasteiger partial charge in [0.05, 0.1) is 11.5 Å². The van der Waals surface area contributed by atoms with E-state index >= 15 is 0 Å². The first-order chi connectivity index (χ1) is 7.36. The molecule has 0 aliphatic carbocycles. The van der Waals surface area contributed by atoms with Gasteiger partial charge in [0.2, 0.25) is 0 Å². The van der Waals surface area contributed by atoms with E-state index in [4.69, 9.17) is 9.29 Å². The number of benzene rings is 1. The number of rotatable bonds is 6. The van der Waals surface area contributed by atoms with Crippen LogP contribution in [0.25, 0.3) is 0 Å². The minimum atomic E-state index is 0.0867. The first-order valence-corrected chi connectivity index (χ1v) is 5.77. The lowest BCUT2D eigenvalue weighted by atomic mass is 10.1. The smallest absolute Gasteiger partial charge is 0.102 e. The zero-order valence-corrected chi connectivity index (χ0v) is 9.61. The van der Waals surface area contributed by atoms with Crippen LogP contribution in [-0.2, 0) is 11.2 Å². The number of allylic oxidation sites excluding steroid dienone is 1. The summed E-state index contributed by atoms with van der Waals surface area (Å²) in [5.74, 6) is 0. The molecule has 0 spiro atoms. The number of hydrogen-bond donors (Lipinski definition) is 1. The van der Waals surface area contributed by atoms with Crippen LogP contribution in [0.2, 0.25) is 0 Å². The van der Waals surface area contributed by atoms with Crippen molar-refractivity contribution in [3.8, 4) is 0 Å². The van der Waals surface area contributed by atoms with Crippen molar-refractivity contribution in [1.82, 2.24) is 0 Å². The summed E-state index contributed by atoms with van der Waals surface area (Å²) in [7, 11) is 0. The quantitative estimate of drug-likeness (QED) is 0.593. The van der Waals surface area contributed by atoms with Gasteiger partial charge < -0.3 is 9.29 Å². The van der Waals surface area contributed by atoms with E-state index in [0.29, 0.717) is 6.61 Å². The third-order valence-corrected chi connectivity index (χ3v) is 2.57. The Bertz CT molecular complexity index is 285. The first-order valence-electron chi connectivity index (χ1n) is 4.93. The maximum atomic E-state index is 9.10. The highest BCUT2D eigenvalue weighted by Crippen LogP contribution is 2.13. The summed E-state index contributed by atoms with van der Waals surface area (Å²) in [6.07, 6.45) is 4.30. The number of ether oxygens (including phenoxy) is 1. The Morgan fingerprint density at radius 3 is 2.73 bits per heavy atom. The lowest BCUT2D eigenvalue weighted by Crippen LogP contribution is -2.13. The molecule has 0 amide bonds. The molecule has 0 aromatic heterocycles. The van der Waals surface area contributed by atoms with Gasteiger partial charge in [-0.25, -0.2) is 0 Å². The van der Waals surface area contributed by atoms with E-state index in [9.17, 15) is 0 Å². The van der Waals surface area contributed by atoms with E-state index in [-0.39, 0.29) is 5.25 Å². The predicted molar refractivity (Wildman–Crippen MR) is 64.9 cm³/mol. The van der Waals surface area contributed by atoms with Crippen LogP contribution in [0, 0.1) is 0 Å². The Balaban J connectivity index is 2.40. The van der Waals surface area contributed by atoms with Crippen LogP contribution in [0.3, 0.4) is 0 Å². The lowest BCUT2D eigenvalue weighted by molar-refractivity contribution is 0.247. The molecule has 3 heteroatoms. The molecular weight excluding hydrogens is 208 g/mol. The van der Waals surface area contributed by atoms with Gasteiger partial charge >= 0.3 is 0 Å². The number of hydrogen-bond acceptors (Lipinski definition) is 3. The molecule has 1 atom stereocenters. The summed E-state index contributed by atoms with van der Waals surface area (Å²) in [4.78, 5) is 0. The third-order valence-electron chi connectivity index (χ3n) is 1.97. The van der Waals surface area contributed by atoms with E-state index in [1.165, 1.54) is 5.56 Å². The highest BCUT2D eigenvalue weighted by atomic mass is 32.2. The highest BCUT2D eigenvalue weighted by Gasteiger charge is 2.09. The zero-order valence-electron chi connectivity index (χ0n) is 8.80. The SMILES string of the molecule is CC=COCC(Cc1ccccc1)SO. The molecule has 1 aromatic rings. The van der Waals surface area contributed by atoms with Gasteiger partial charge in [0.15, 0.2) is 0 Å². The molecule has 0 saturated heterocycles. The van der Waals surface area contributed by atoms with Crippen molar-refractivity contribution in [1.29, 1.82) is 0 Å². The molecule has 1 N–H and O–H groups in total. The van der Waals surface area contributed by atoms with Gasteiger partial charge in [-0.05, 0) is 31.0 Å². The van der Waals surface area contributed by atoms with Crippen molar-refractivity contribution in [2.75, 3.05) is 6.61 Å². The molecule has 0 bridgehead atoms. The Labute approximate surface area is 95.2 Å². The molecule has 0 heterocycles. The predicted octanol–water partition coefficient (Wildman–Crippen LogP) is 3.35. The molecule has 1 aromatic carbocycles. The summed E-state index contributed by atoms with van der Waals surface area (Å²) in [6.45, 7) is 2.43. The van der Waals surface area contributed by atoms with Crippen LogP contribution in [0.4, 0.5) is 0 Å². The second-order valence-corrected chi connectivity index (χ2v) is 4.10. The van der Waals surface area contributed by atoms with Crippen molar-refractivity contribution in [2.45, 2.75) is 18.6 Å². The van der Waals surface area contributed by atoms with Crippen molar-refractivity contribution in [3.63, 3.8) is 0 Å². The van der Waals surface area contributed by atoms with Gasteiger partial charge in [0, 0.05) is 0 Å². The van der Waals surface area contributed by atoms with Crippen LogP contribution in [0.5, 0.6) is 0 Å². The average Bonchev–Trinajstić information content (AvgIpc) is 2.29. The molecule has 0 fully saturated rings. The summed E-state index contributed by atoms with van der Waals surface area (Å²) in [5.41, 5.74) is 1.22. The Morgan fingerprint density at radius 1 is 1.40 bits per heavy atom. The highest BCUT2D eigenvalue weighted by molar-refractivity contribution is 7.94. The van der Waals surface area contributed by atoms with Gasteiger partial charge in [-0.2, -0.15) is 0 Å². The van der Waals surface area contributed by atoms with E-state index in [1.54, 1.807) is 6.26 Å². The first kappa shape index (κ1) is 12.1.